The molecule has 3 heterocycles. The average Bonchev–Trinajstić information content (AvgIpc) is 3.27. The molecule has 2 N–H and O–H groups in total. The molecule has 26 heavy (non-hydrogen) atoms. The van der Waals surface area contributed by atoms with E-state index < -0.39 is 13.1 Å². The highest BCUT2D eigenvalue weighted by molar-refractivity contribution is 6.44. The van der Waals surface area contributed by atoms with E-state index in [1.54, 1.807) is 10.7 Å². The van der Waals surface area contributed by atoms with Crippen molar-refractivity contribution in [2.75, 3.05) is 13.1 Å². The van der Waals surface area contributed by atoms with Crippen LogP contribution in [-0.2, 0) is 19.5 Å². The lowest BCUT2D eigenvalue weighted by atomic mass is 9.78. The molecule has 0 unspecified atom stereocenters. The van der Waals surface area contributed by atoms with Gasteiger partial charge in [0.1, 0.15) is 11.3 Å². The number of fused-ring (bicyclic) bond motifs is 1. The highest BCUT2D eigenvalue weighted by atomic mass is 16.5. The van der Waals surface area contributed by atoms with Crippen LogP contribution in [0.3, 0.4) is 0 Å². The zero-order chi connectivity index (χ0) is 18.1. The maximum Gasteiger partial charge on any atom is 0.522 e. The van der Waals surface area contributed by atoms with Gasteiger partial charge in [-0.25, -0.2) is 9.48 Å². The van der Waals surface area contributed by atoms with Crippen molar-refractivity contribution in [2.45, 2.75) is 38.7 Å². The van der Waals surface area contributed by atoms with Crippen molar-refractivity contribution in [3.63, 3.8) is 0 Å². The molecule has 9 heteroatoms. The standard InChI is InChI=1S/C17H21BN4O4/c23-17(24)15-13(4-3-12-5-6-18(25)26-16(12)15)9-22-11-14(19-20-22)10-21-7-1-2-8-21/h3-4,11,25H,1-2,5-10H2,(H,23,24). The summed E-state index contributed by atoms with van der Waals surface area (Å²) >= 11 is 0. The molecule has 8 nitrogen and oxygen atoms in total. The maximum absolute atomic E-state index is 11.8. The van der Waals surface area contributed by atoms with Crippen molar-refractivity contribution in [1.82, 2.24) is 19.9 Å². The molecular formula is C17H21BN4O4. The van der Waals surface area contributed by atoms with Gasteiger partial charge < -0.3 is 14.8 Å². The molecule has 1 aromatic heterocycles. The second kappa shape index (κ2) is 7.09. The summed E-state index contributed by atoms with van der Waals surface area (Å²) < 4.78 is 7.07. The van der Waals surface area contributed by atoms with E-state index >= 15 is 0 Å². The molecule has 0 aliphatic carbocycles. The number of rotatable bonds is 5. The largest absolute Gasteiger partial charge is 0.535 e. The molecule has 1 saturated heterocycles. The number of aromatic nitrogens is 3. The Kier molecular flexibility index (Phi) is 4.65. The first kappa shape index (κ1) is 17.1. The van der Waals surface area contributed by atoms with E-state index in [0.717, 1.165) is 30.9 Å². The van der Waals surface area contributed by atoms with Crippen molar-refractivity contribution in [3.05, 3.63) is 40.7 Å². The number of hydrogen-bond acceptors (Lipinski definition) is 6. The van der Waals surface area contributed by atoms with Gasteiger partial charge in [0.05, 0.1) is 18.4 Å². The van der Waals surface area contributed by atoms with Gasteiger partial charge in [0, 0.05) is 6.54 Å². The van der Waals surface area contributed by atoms with Crippen LogP contribution in [0.4, 0.5) is 0 Å². The molecule has 0 spiro atoms. The van der Waals surface area contributed by atoms with E-state index in [0.29, 0.717) is 24.8 Å². The summed E-state index contributed by atoms with van der Waals surface area (Å²) in [6.45, 7) is 3.23. The predicted octanol–water partition coefficient (Wildman–Crippen LogP) is 1.04. The van der Waals surface area contributed by atoms with Crippen molar-refractivity contribution in [2.24, 2.45) is 0 Å². The Labute approximate surface area is 151 Å². The Balaban J connectivity index is 1.57. The van der Waals surface area contributed by atoms with Gasteiger partial charge in [-0.2, -0.15) is 0 Å². The number of nitrogens with zero attached hydrogens (tertiary/aromatic N) is 4. The van der Waals surface area contributed by atoms with E-state index in [1.165, 1.54) is 12.8 Å². The van der Waals surface area contributed by atoms with Crippen LogP contribution < -0.4 is 4.65 Å². The summed E-state index contributed by atoms with van der Waals surface area (Å²) in [4.78, 5) is 14.2. The maximum atomic E-state index is 11.8. The van der Waals surface area contributed by atoms with Gasteiger partial charge >= 0.3 is 13.1 Å². The van der Waals surface area contributed by atoms with Crippen LogP contribution in [0.2, 0.25) is 6.32 Å². The number of hydrogen-bond donors (Lipinski definition) is 2. The highest BCUT2D eigenvalue weighted by Crippen LogP contribution is 2.33. The number of aryl methyl sites for hydroxylation is 1. The molecule has 2 aromatic rings. The summed E-state index contributed by atoms with van der Waals surface area (Å²) in [5, 5.41) is 27.7. The lowest BCUT2D eigenvalue weighted by Crippen LogP contribution is -2.28. The molecule has 4 rings (SSSR count). The predicted molar refractivity (Wildman–Crippen MR) is 94.1 cm³/mol. The minimum Gasteiger partial charge on any atom is -0.535 e. The quantitative estimate of drug-likeness (QED) is 0.772. The van der Waals surface area contributed by atoms with Gasteiger partial charge in [-0.05, 0) is 49.8 Å². The molecule has 0 saturated carbocycles. The van der Waals surface area contributed by atoms with Gasteiger partial charge in [0.2, 0.25) is 0 Å². The third kappa shape index (κ3) is 3.45. The summed E-state index contributed by atoms with van der Waals surface area (Å²) in [7, 11) is -0.964. The van der Waals surface area contributed by atoms with Crippen LogP contribution in [0, 0.1) is 0 Å². The Morgan fingerprint density at radius 2 is 2.08 bits per heavy atom. The van der Waals surface area contributed by atoms with Crippen LogP contribution in [-0.4, -0.2) is 56.2 Å². The van der Waals surface area contributed by atoms with E-state index in [1.807, 2.05) is 12.3 Å². The van der Waals surface area contributed by atoms with E-state index in [2.05, 4.69) is 15.2 Å². The first-order valence-electron chi connectivity index (χ1n) is 8.94. The van der Waals surface area contributed by atoms with E-state index in [-0.39, 0.29) is 11.3 Å². The second-order valence-electron chi connectivity index (χ2n) is 6.89. The summed E-state index contributed by atoms with van der Waals surface area (Å²) in [6.07, 6.45) is 5.36. The molecule has 0 radical (unpaired) electrons. The molecule has 0 amide bonds. The van der Waals surface area contributed by atoms with E-state index in [9.17, 15) is 14.9 Å². The van der Waals surface area contributed by atoms with Gasteiger partial charge in [-0.1, -0.05) is 17.3 Å². The molecule has 0 atom stereocenters. The normalized spacial score (nSPS) is 17.2. The zero-order valence-electron chi connectivity index (χ0n) is 14.5. The van der Waals surface area contributed by atoms with Crippen molar-refractivity contribution < 1.29 is 19.6 Å². The van der Waals surface area contributed by atoms with Gasteiger partial charge in [-0.15, -0.1) is 5.10 Å². The molecule has 1 fully saturated rings. The number of carbonyl (C=O) groups is 1. The smallest absolute Gasteiger partial charge is 0.522 e. The minimum absolute atomic E-state index is 0.0952. The summed E-state index contributed by atoms with van der Waals surface area (Å²) in [6, 6.07) is 3.66. The topological polar surface area (TPSA) is 101 Å². The van der Waals surface area contributed by atoms with Gasteiger partial charge in [0.15, 0.2) is 0 Å². The lowest BCUT2D eigenvalue weighted by molar-refractivity contribution is 0.0693. The second-order valence-corrected chi connectivity index (χ2v) is 6.89. The lowest BCUT2D eigenvalue weighted by Gasteiger charge is -2.23. The Bertz CT molecular complexity index is 819. The van der Waals surface area contributed by atoms with Crippen LogP contribution in [0.15, 0.2) is 18.3 Å². The van der Waals surface area contributed by atoms with Crippen LogP contribution in [0.25, 0.3) is 0 Å². The number of carboxylic acids is 1. The molecule has 136 valence electrons. The fraction of sp³-hybridized carbons (Fsp3) is 0.471. The Morgan fingerprint density at radius 3 is 2.85 bits per heavy atom. The highest BCUT2D eigenvalue weighted by Gasteiger charge is 2.29. The number of benzene rings is 1. The minimum atomic E-state index is -1.07. The SMILES string of the molecule is O=C(O)c1c(Cn2cc(CN3CCCC3)nn2)ccc2c1OB(O)CC2. The fourth-order valence-corrected chi connectivity index (χ4v) is 3.67. The van der Waals surface area contributed by atoms with Crippen LogP contribution in [0.5, 0.6) is 5.75 Å². The first-order valence-corrected chi connectivity index (χ1v) is 8.94. The van der Waals surface area contributed by atoms with E-state index in [4.69, 9.17) is 4.65 Å². The molecule has 0 bridgehead atoms. The summed E-state index contributed by atoms with van der Waals surface area (Å²) in [5.41, 5.74) is 2.37. The first-order chi connectivity index (χ1) is 12.6. The third-order valence-corrected chi connectivity index (χ3v) is 4.96. The van der Waals surface area contributed by atoms with Gasteiger partial charge in [0.25, 0.3) is 0 Å². The fourth-order valence-electron chi connectivity index (χ4n) is 3.67. The third-order valence-electron chi connectivity index (χ3n) is 4.96. The monoisotopic (exact) mass is 356 g/mol. The summed E-state index contributed by atoms with van der Waals surface area (Å²) in [5.74, 6) is -0.797. The van der Waals surface area contributed by atoms with Crippen molar-refractivity contribution in [1.29, 1.82) is 0 Å². The average molecular weight is 356 g/mol. The van der Waals surface area contributed by atoms with Gasteiger partial charge in [-0.3, -0.25) is 4.90 Å². The van der Waals surface area contributed by atoms with Crippen LogP contribution >= 0.6 is 0 Å². The Morgan fingerprint density at radius 1 is 1.27 bits per heavy atom. The molecule has 1 aromatic carbocycles. The van der Waals surface area contributed by atoms with Crippen molar-refractivity contribution >= 4 is 13.1 Å². The molecular weight excluding hydrogens is 335 g/mol. The number of likely N-dealkylation sites (tertiary alicyclic amines) is 1. The zero-order valence-corrected chi connectivity index (χ0v) is 14.5. The number of carboxylic acid groups (broad SMARTS) is 1. The van der Waals surface area contributed by atoms with Crippen molar-refractivity contribution in [3.8, 4) is 5.75 Å². The molecule has 2 aliphatic heterocycles. The molecule has 2 aliphatic rings. The Hall–Kier alpha value is -2.39. The van der Waals surface area contributed by atoms with Crippen LogP contribution in [0.1, 0.15) is 40.0 Å². The number of aromatic carboxylic acids is 1.